The van der Waals surface area contributed by atoms with Gasteiger partial charge in [0.15, 0.2) is 0 Å². The zero-order chi connectivity index (χ0) is 11.1. The number of hydrogen-bond acceptors (Lipinski definition) is 2. The monoisotopic (exact) mass is 291 g/mol. The fraction of sp³-hybridized carbons (Fsp3) is 0.455. The second-order valence-electron chi connectivity index (χ2n) is 3.24. The number of methoxy groups -OCH3 is 1. The molecule has 0 unspecified atom stereocenters. The molecule has 1 aromatic rings. The summed E-state index contributed by atoms with van der Waals surface area (Å²) in [5.74, 6) is 0. The second-order valence-corrected chi connectivity index (χ2v) is 4.50. The lowest BCUT2D eigenvalue weighted by atomic mass is 10.1. The van der Waals surface area contributed by atoms with E-state index in [2.05, 4.69) is 27.3 Å². The van der Waals surface area contributed by atoms with Gasteiger partial charge in [0.25, 0.3) is 0 Å². The topological polar surface area (TPSA) is 21.3 Å². The molecule has 2 nitrogen and oxygen atoms in total. The molecule has 0 aliphatic rings. The summed E-state index contributed by atoms with van der Waals surface area (Å²) in [6, 6.07) is 6.05. The molecule has 1 aromatic carbocycles. The fourth-order valence-corrected chi connectivity index (χ4v) is 1.68. The summed E-state index contributed by atoms with van der Waals surface area (Å²) in [5.41, 5.74) is 1.24. The van der Waals surface area contributed by atoms with E-state index in [1.165, 1.54) is 5.56 Å². The molecular weight excluding hydrogens is 277 g/mol. The maximum atomic E-state index is 5.99. The molecule has 0 radical (unpaired) electrons. The van der Waals surface area contributed by atoms with Crippen molar-refractivity contribution in [1.82, 2.24) is 5.32 Å². The maximum Gasteiger partial charge on any atom is 0.0587 e. The van der Waals surface area contributed by atoms with Crippen LogP contribution >= 0.6 is 27.5 Å². The molecule has 0 heterocycles. The van der Waals surface area contributed by atoms with Crippen LogP contribution in [0.3, 0.4) is 0 Å². The molecule has 0 bridgehead atoms. The quantitative estimate of drug-likeness (QED) is 0.814. The van der Waals surface area contributed by atoms with E-state index in [0.717, 1.165) is 35.6 Å². The molecule has 0 spiro atoms. The van der Waals surface area contributed by atoms with Crippen LogP contribution < -0.4 is 5.32 Å². The summed E-state index contributed by atoms with van der Waals surface area (Å²) in [4.78, 5) is 0. The SMILES string of the molecule is COCCNCCc1ccc(Br)c(Cl)c1. The van der Waals surface area contributed by atoms with Crippen molar-refractivity contribution < 1.29 is 4.74 Å². The van der Waals surface area contributed by atoms with E-state index >= 15 is 0 Å². The predicted octanol–water partition coefficient (Wildman–Crippen LogP) is 2.88. The standard InChI is InChI=1S/C11H15BrClNO/c1-15-7-6-14-5-4-9-2-3-10(12)11(13)8-9/h2-3,8,14H,4-7H2,1H3. The van der Waals surface area contributed by atoms with Gasteiger partial charge < -0.3 is 10.1 Å². The Hall–Kier alpha value is -0.0900. The number of rotatable bonds is 6. The first kappa shape index (κ1) is 13.0. The minimum absolute atomic E-state index is 0.751. The van der Waals surface area contributed by atoms with Crippen molar-refractivity contribution in [3.63, 3.8) is 0 Å². The number of halogens is 2. The number of ether oxygens (including phenoxy) is 1. The summed E-state index contributed by atoms with van der Waals surface area (Å²) in [6.45, 7) is 2.59. The molecule has 0 aliphatic heterocycles. The van der Waals surface area contributed by atoms with Crippen LogP contribution in [0.2, 0.25) is 5.02 Å². The van der Waals surface area contributed by atoms with E-state index in [0.29, 0.717) is 0 Å². The van der Waals surface area contributed by atoms with Crippen molar-refractivity contribution in [3.05, 3.63) is 33.3 Å². The summed E-state index contributed by atoms with van der Waals surface area (Å²) in [5, 5.41) is 4.06. The van der Waals surface area contributed by atoms with Crippen molar-refractivity contribution >= 4 is 27.5 Å². The molecule has 1 rings (SSSR count). The third-order valence-corrected chi connectivity index (χ3v) is 3.29. The normalized spacial score (nSPS) is 10.6. The van der Waals surface area contributed by atoms with Crippen LogP contribution in [0.15, 0.2) is 22.7 Å². The van der Waals surface area contributed by atoms with Gasteiger partial charge in [-0.15, -0.1) is 0 Å². The van der Waals surface area contributed by atoms with Crippen molar-refractivity contribution in [3.8, 4) is 0 Å². The minimum Gasteiger partial charge on any atom is -0.383 e. The molecule has 4 heteroatoms. The number of hydrogen-bond donors (Lipinski definition) is 1. The predicted molar refractivity (Wildman–Crippen MR) is 67.6 cm³/mol. The average Bonchev–Trinajstić information content (AvgIpc) is 2.23. The highest BCUT2D eigenvalue weighted by Gasteiger charge is 1.98. The molecule has 0 atom stereocenters. The third kappa shape index (κ3) is 4.98. The van der Waals surface area contributed by atoms with Gasteiger partial charge in [0.05, 0.1) is 11.6 Å². The van der Waals surface area contributed by atoms with Crippen molar-refractivity contribution in [2.24, 2.45) is 0 Å². The van der Waals surface area contributed by atoms with Crippen LogP contribution in [0.1, 0.15) is 5.56 Å². The van der Waals surface area contributed by atoms with Crippen LogP contribution in [-0.2, 0) is 11.2 Å². The lowest BCUT2D eigenvalue weighted by molar-refractivity contribution is 0.199. The zero-order valence-corrected chi connectivity index (χ0v) is 11.1. The fourth-order valence-electron chi connectivity index (χ4n) is 1.23. The lowest BCUT2D eigenvalue weighted by Gasteiger charge is -2.05. The molecule has 0 fully saturated rings. The van der Waals surface area contributed by atoms with Gasteiger partial charge in [-0.05, 0) is 46.6 Å². The first-order valence-corrected chi connectivity index (χ1v) is 6.04. The lowest BCUT2D eigenvalue weighted by Crippen LogP contribution is -2.21. The van der Waals surface area contributed by atoms with Crippen LogP contribution in [-0.4, -0.2) is 26.8 Å². The van der Waals surface area contributed by atoms with E-state index in [1.807, 2.05) is 12.1 Å². The van der Waals surface area contributed by atoms with Gasteiger partial charge in [0.2, 0.25) is 0 Å². The molecule has 0 amide bonds. The zero-order valence-electron chi connectivity index (χ0n) is 8.72. The Morgan fingerprint density at radius 1 is 1.40 bits per heavy atom. The first-order valence-electron chi connectivity index (χ1n) is 4.87. The molecule has 0 saturated carbocycles. The summed E-state index contributed by atoms with van der Waals surface area (Å²) in [7, 11) is 1.70. The molecule has 0 aliphatic carbocycles. The molecule has 84 valence electrons. The number of benzene rings is 1. The molecule has 15 heavy (non-hydrogen) atoms. The highest BCUT2D eigenvalue weighted by Crippen LogP contribution is 2.23. The van der Waals surface area contributed by atoms with Crippen molar-refractivity contribution in [1.29, 1.82) is 0 Å². The summed E-state index contributed by atoms with van der Waals surface area (Å²) >= 11 is 9.36. The molecule has 0 saturated heterocycles. The number of nitrogens with one attached hydrogen (secondary N) is 1. The van der Waals surface area contributed by atoms with Crippen molar-refractivity contribution in [2.45, 2.75) is 6.42 Å². The van der Waals surface area contributed by atoms with Gasteiger partial charge in [-0.1, -0.05) is 17.7 Å². The Labute approximate surface area is 104 Å². The Morgan fingerprint density at radius 3 is 2.87 bits per heavy atom. The molecule has 0 aromatic heterocycles. The second kappa shape index (κ2) is 7.23. The summed E-state index contributed by atoms with van der Waals surface area (Å²) in [6.07, 6.45) is 0.983. The molecule has 1 N–H and O–H groups in total. The van der Waals surface area contributed by atoms with Crippen LogP contribution in [0.4, 0.5) is 0 Å². The van der Waals surface area contributed by atoms with Crippen LogP contribution in [0.5, 0.6) is 0 Å². The molecular formula is C11H15BrClNO. The van der Waals surface area contributed by atoms with E-state index in [9.17, 15) is 0 Å². The van der Waals surface area contributed by atoms with E-state index in [-0.39, 0.29) is 0 Å². The Kier molecular flexibility index (Phi) is 6.25. The van der Waals surface area contributed by atoms with Crippen molar-refractivity contribution in [2.75, 3.05) is 26.8 Å². The van der Waals surface area contributed by atoms with E-state index in [4.69, 9.17) is 16.3 Å². The van der Waals surface area contributed by atoms with Gasteiger partial charge in [0.1, 0.15) is 0 Å². The highest BCUT2D eigenvalue weighted by atomic mass is 79.9. The van der Waals surface area contributed by atoms with Gasteiger partial charge in [-0.3, -0.25) is 0 Å². The van der Waals surface area contributed by atoms with E-state index < -0.39 is 0 Å². The Balaban J connectivity index is 2.28. The van der Waals surface area contributed by atoms with E-state index in [1.54, 1.807) is 7.11 Å². The Bertz CT molecular complexity index is 307. The largest absolute Gasteiger partial charge is 0.383 e. The third-order valence-electron chi connectivity index (χ3n) is 2.06. The Morgan fingerprint density at radius 2 is 2.20 bits per heavy atom. The highest BCUT2D eigenvalue weighted by molar-refractivity contribution is 9.10. The minimum atomic E-state index is 0.751. The van der Waals surface area contributed by atoms with Gasteiger partial charge in [-0.2, -0.15) is 0 Å². The average molecular weight is 293 g/mol. The van der Waals surface area contributed by atoms with Gasteiger partial charge in [0, 0.05) is 18.1 Å². The van der Waals surface area contributed by atoms with Crippen LogP contribution in [0, 0.1) is 0 Å². The van der Waals surface area contributed by atoms with Crippen LogP contribution in [0.25, 0.3) is 0 Å². The van der Waals surface area contributed by atoms with Gasteiger partial charge >= 0.3 is 0 Å². The summed E-state index contributed by atoms with van der Waals surface area (Å²) < 4.78 is 5.88. The smallest absolute Gasteiger partial charge is 0.0587 e. The first-order chi connectivity index (χ1) is 7.24. The maximum absolute atomic E-state index is 5.99. The van der Waals surface area contributed by atoms with Gasteiger partial charge in [-0.25, -0.2) is 0 Å².